The van der Waals surface area contributed by atoms with Gasteiger partial charge in [-0.25, -0.2) is 0 Å². The van der Waals surface area contributed by atoms with Crippen LogP contribution in [0.15, 0.2) is 49.2 Å². The van der Waals surface area contributed by atoms with Crippen LogP contribution in [0.5, 0.6) is 0 Å². The van der Waals surface area contributed by atoms with Gasteiger partial charge in [-0.3, -0.25) is 4.98 Å². The molecule has 0 amide bonds. The minimum absolute atomic E-state index is 0.0248. The van der Waals surface area contributed by atoms with E-state index in [1.807, 2.05) is 30.3 Å². The normalized spacial score (nSPS) is 11.7. The molecule has 0 aliphatic heterocycles. The summed E-state index contributed by atoms with van der Waals surface area (Å²) in [6.07, 6.45) is 10.4. The molecule has 0 saturated carbocycles. The smallest absolute Gasteiger partial charge is 0.0523 e. The first kappa shape index (κ1) is 15.6. The van der Waals surface area contributed by atoms with E-state index in [1.165, 1.54) is 0 Å². The first-order valence-corrected chi connectivity index (χ1v) is 7.36. The minimum Gasteiger partial charge on any atom is -0.260 e. The average Bonchev–Trinajstić information content (AvgIpc) is 2.47. The van der Waals surface area contributed by atoms with Gasteiger partial charge in [-0.15, -0.1) is 18.9 Å². The second-order valence-corrected chi connectivity index (χ2v) is 5.52. The number of terminal acetylenes is 1. The zero-order valence-corrected chi connectivity index (χ0v) is 13.0. The zero-order chi connectivity index (χ0) is 15.2. The molecule has 1 unspecified atom stereocenters. The van der Waals surface area contributed by atoms with Crippen LogP contribution in [-0.2, 0) is 6.42 Å². The Morgan fingerprint density at radius 1 is 1.33 bits per heavy atom. The summed E-state index contributed by atoms with van der Waals surface area (Å²) in [5.74, 6) is 2.70. The number of halogens is 2. The molecule has 0 aliphatic rings. The van der Waals surface area contributed by atoms with Crippen LogP contribution in [0.1, 0.15) is 29.2 Å². The Labute approximate surface area is 135 Å². The highest BCUT2D eigenvalue weighted by Crippen LogP contribution is 2.35. The number of nitrogens with zero attached hydrogens (tertiary/aromatic N) is 1. The number of aromatic nitrogens is 1. The highest BCUT2D eigenvalue weighted by atomic mass is 35.5. The van der Waals surface area contributed by atoms with Crippen molar-refractivity contribution in [2.45, 2.75) is 18.8 Å². The SMILES string of the molecule is C#CCc1cccnc1C(CC=C)c1ccc(Cl)cc1Cl. The fraction of sp³-hybridized carbons (Fsp3) is 0.167. The first-order valence-electron chi connectivity index (χ1n) is 6.60. The van der Waals surface area contributed by atoms with E-state index >= 15 is 0 Å². The van der Waals surface area contributed by atoms with Crippen molar-refractivity contribution in [3.8, 4) is 12.3 Å². The molecular weight excluding hydrogens is 301 g/mol. The van der Waals surface area contributed by atoms with Crippen LogP contribution in [0.3, 0.4) is 0 Å². The van der Waals surface area contributed by atoms with Gasteiger partial charge < -0.3 is 0 Å². The zero-order valence-electron chi connectivity index (χ0n) is 11.5. The van der Waals surface area contributed by atoms with Crippen LogP contribution in [-0.4, -0.2) is 4.98 Å². The third-order valence-electron chi connectivity index (χ3n) is 3.29. The summed E-state index contributed by atoms with van der Waals surface area (Å²) in [6, 6.07) is 9.42. The van der Waals surface area contributed by atoms with Crippen molar-refractivity contribution >= 4 is 23.2 Å². The van der Waals surface area contributed by atoms with Gasteiger partial charge in [0.15, 0.2) is 0 Å². The molecule has 0 N–H and O–H groups in total. The lowest BCUT2D eigenvalue weighted by Crippen LogP contribution is -2.07. The number of benzene rings is 1. The van der Waals surface area contributed by atoms with Crippen LogP contribution >= 0.6 is 23.2 Å². The predicted octanol–water partition coefficient (Wildman–Crippen LogP) is 5.27. The van der Waals surface area contributed by atoms with Gasteiger partial charge in [0, 0.05) is 28.6 Å². The third-order valence-corrected chi connectivity index (χ3v) is 3.85. The fourth-order valence-electron chi connectivity index (χ4n) is 2.36. The van der Waals surface area contributed by atoms with Crippen molar-refractivity contribution in [3.63, 3.8) is 0 Å². The van der Waals surface area contributed by atoms with Crippen molar-refractivity contribution in [2.24, 2.45) is 0 Å². The van der Waals surface area contributed by atoms with Gasteiger partial charge in [0.05, 0.1) is 5.69 Å². The predicted molar refractivity (Wildman–Crippen MR) is 89.9 cm³/mol. The molecule has 1 aromatic heterocycles. The molecule has 3 heteroatoms. The number of hydrogen-bond acceptors (Lipinski definition) is 1. The molecule has 21 heavy (non-hydrogen) atoms. The molecule has 0 aliphatic carbocycles. The van der Waals surface area contributed by atoms with Crippen molar-refractivity contribution in [1.82, 2.24) is 4.98 Å². The van der Waals surface area contributed by atoms with E-state index in [1.54, 1.807) is 12.3 Å². The van der Waals surface area contributed by atoms with Crippen molar-refractivity contribution in [2.75, 3.05) is 0 Å². The molecule has 1 nitrogen and oxygen atoms in total. The van der Waals surface area contributed by atoms with E-state index in [0.29, 0.717) is 16.5 Å². The van der Waals surface area contributed by atoms with E-state index < -0.39 is 0 Å². The molecule has 0 bridgehead atoms. The summed E-state index contributed by atoms with van der Waals surface area (Å²) in [6.45, 7) is 3.84. The second-order valence-electron chi connectivity index (χ2n) is 4.67. The molecule has 1 aromatic carbocycles. The monoisotopic (exact) mass is 315 g/mol. The summed E-state index contributed by atoms with van der Waals surface area (Å²) in [4.78, 5) is 4.52. The maximum atomic E-state index is 6.35. The van der Waals surface area contributed by atoms with Crippen LogP contribution in [0.4, 0.5) is 0 Å². The summed E-state index contributed by atoms with van der Waals surface area (Å²) in [5, 5.41) is 1.25. The molecule has 2 aromatic rings. The van der Waals surface area contributed by atoms with Gasteiger partial charge in [0.25, 0.3) is 0 Å². The molecule has 0 fully saturated rings. The molecular formula is C18H15Cl2N. The van der Waals surface area contributed by atoms with Crippen LogP contribution < -0.4 is 0 Å². The topological polar surface area (TPSA) is 12.9 Å². The summed E-state index contributed by atoms with van der Waals surface area (Å²) < 4.78 is 0. The Bertz CT molecular complexity index is 686. The van der Waals surface area contributed by atoms with Crippen molar-refractivity contribution < 1.29 is 0 Å². The molecule has 1 heterocycles. The Morgan fingerprint density at radius 2 is 2.14 bits per heavy atom. The Balaban J connectivity index is 2.53. The summed E-state index contributed by atoms with van der Waals surface area (Å²) in [5.41, 5.74) is 2.97. The molecule has 1 atom stereocenters. The number of rotatable bonds is 5. The van der Waals surface area contributed by atoms with Gasteiger partial charge in [-0.2, -0.15) is 0 Å². The molecule has 2 rings (SSSR count). The van der Waals surface area contributed by atoms with Crippen LogP contribution in [0, 0.1) is 12.3 Å². The van der Waals surface area contributed by atoms with E-state index in [0.717, 1.165) is 23.2 Å². The Hall–Kier alpha value is -1.75. The van der Waals surface area contributed by atoms with Crippen molar-refractivity contribution in [3.05, 3.63) is 76.0 Å². The maximum Gasteiger partial charge on any atom is 0.0523 e. The standard InChI is InChI=1S/C18H15Cl2N/c1-3-6-13-8-5-11-21-18(13)16(7-4-2)15-10-9-14(19)12-17(15)20/h1,4-5,8-12,16H,2,6-7H2. The molecule has 106 valence electrons. The average molecular weight is 316 g/mol. The van der Waals surface area contributed by atoms with E-state index in [9.17, 15) is 0 Å². The van der Waals surface area contributed by atoms with Crippen molar-refractivity contribution in [1.29, 1.82) is 0 Å². The van der Waals surface area contributed by atoms with E-state index in [4.69, 9.17) is 29.6 Å². The Morgan fingerprint density at radius 3 is 2.81 bits per heavy atom. The largest absolute Gasteiger partial charge is 0.260 e. The Kier molecular flexibility index (Phi) is 5.44. The van der Waals surface area contributed by atoms with Gasteiger partial charge in [0.2, 0.25) is 0 Å². The van der Waals surface area contributed by atoms with E-state index in [2.05, 4.69) is 17.5 Å². The van der Waals surface area contributed by atoms with Crippen LogP contribution in [0.2, 0.25) is 10.0 Å². The molecule has 0 spiro atoms. The number of hydrogen-bond donors (Lipinski definition) is 0. The van der Waals surface area contributed by atoms with Gasteiger partial charge >= 0.3 is 0 Å². The van der Waals surface area contributed by atoms with E-state index in [-0.39, 0.29) is 5.92 Å². The third kappa shape index (κ3) is 3.67. The highest BCUT2D eigenvalue weighted by molar-refractivity contribution is 6.35. The fourth-order valence-corrected chi connectivity index (χ4v) is 2.90. The lowest BCUT2D eigenvalue weighted by molar-refractivity contribution is 0.782. The van der Waals surface area contributed by atoms with Crippen LogP contribution in [0.25, 0.3) is 0 Å². The molecule has 0 radical (unpaired) electrons. The lowest BCUT2D eigenvalue weighted by Gasteiger charge is -2.19. The lowest BCUT2D eigenvalue weighted by atomic mass is 9.88. The van der Waals surface area contributed by atoms with Gasteiger partial charge in [0.1, 0.15) is 0 Å². The second kappa shape index (κ2) is 7.31. The summed E-state index contributed by atoms with van der Waals surface area (Å²) in [7, 11) is 0. The van der Waals surface area contributed by atoms with Gasteiger partial charge in [-0.05, 0) is 35.7 Å². The molecule has 0 saturated heterocycles. The quantitative estimate of drug-likeness (QED) is 0.541. The minimum atomic E-state index is 0.0248. The van der Waals surface area contributed by atoms with Gasteiger partial charge in [-0.1, -0.05) is 41.4 Å². The number of pyridine rings is 1. The highest BCUT2D eigenvalue weighted by Gasteiger charge is 2.20. The summed E-state index contributed by atoms with van der Waals surface area (Å²) >= 11 is 12.3. The first-order chi connectivity index (χ1) is 10.2. The number of allylic oxidation sites excluding steroid dienone is 1. The maximum absolute atomic E-state index is 6.35.